The van der Waals surface area contributed by atoms with E-state index in [4.69, 9.17) is 4.98 Å². The number of para-hydroxylation sites is 1. The second-order valence-electron chi connectivity index (χ2n) is 8.88. The Hall–Kier alpha value is -3.16. The number of rotatable bonds is 6. The highest BCUT2D eigenvalue weighted by atomic mass is 16.2. The number of nitrogens with zero attached hydrogens (tertiary/aromatic N) is 4. The topological polar surface area (TPSA) is 90.5 Å². The Morgan fingerprint density at radius 1 is 0.969 bits per heavy atom. The number of aromatic nitrogens is 2. The van der Waals surface area contributed by atoms with Crippen molar-refractivity contribution in [1.82, 2.24) is 20.2 Å². The van der Waals surface area contributed by atoms with Crippen molar-refractivity contribution in [2.24, 2.45) is 5.92 Å². The molecule has 32 heavy (non-hydrogen) atoms. The zero-order valence-electron chi connectivity index (χ0n) is 19.6. The molecule has 0 bridgehead atoms. The highest BCUT2D eigenvalue weighted by molar-refractivity contribution is 5.93. The van der Waals surface area contributed by atoms with Crippen molar-refractivity contribution in [3.63, 3.8) is 0 Å². The number of urea groups is 1. The molecule has 0 aliphatic carbocycles. The summed E-state index contributed by atoms with van der Waals surface area (Å²) in [5.41, 5.74) is 1.64. The number of amides is 3. The summed E-state index contributed by atoms with van der Waals surface area (Å²) >= 11 is 0. The Morgan fingerprint density at radius 3 is 2.22 bits per heavy atom. The number of aryl methyl sites for hydroxylation is 1. The van der Waals surface area contributed by atoms with Crippen LogP contribution in [0.15, 0.2) is 36.4 Å². The second-order valence-corrected chi connectivity index (χ2v) is 8.88. The lowest BCUT2D eigenvalue weighted by Gasteiger charge is -2.38. The minimum Gasteiger partial charge on any atom is -0.353 e. The quantitative estimate of drug-likeness (QED) is 0.721. The molecule has 8 nitrogen and oxygen atoms in total. The molecule has 2 heterocycles. The smallest absolute Gasteiger partial charge is 0.319 e. The van der Waals surface area contributed by atoms with Crippen LogP contribution in [0, 0.1) is 12.8 Å². The van der Waals surface area contributed by atoms with E-state index >= 15 is 0 Å². The Labute approximate surface area is 190 Å². The predicted octanol–water partition coefficient (Wildman–Crippen LogP) is 3.40. The van der Waals surface area contributed by atoms with E-state index in [-0.39, 0.29) is 23.8 Å². The van der Waals surface area contributed by atoms with Crippen LogP contribution in [0.1, 0.15) is 45.1 Å². The van der Waals surface area contributed by atoms with E-state index in [0.717, 1.165) is 17.3 Å². The molecular weight excluding hydrogens is 404 g/mol. The van der Waals surface area contributed by atoms with Crippen LogP contribution in [0.2, 0.25) is 0 Å². The van der Waals surface area contributed by atoms with Crippen molar-refractivity contribution in [3.8, 4) is 0 Å². The average molecular weight is 439 g/mol. The van der Waals surface area contributed by atoms with Gasteiger partial charge in [-0.1, -0.05) is 45.9 Å². The van der Waals surface area contributed by atoms with Crippen LogP contribution in [-0.2, 0) is 4.79 Å². The van der Waals surface area contributed by atoms with Gasteiger partial charge >= 0.3 is 6.03 Å². The number of anilines is 2. The van der Waals surface area contributed by atoms with Gasteiger partial charge in [0.1, 0.15) is 17.7 Å². The fourth-order valence-electron chi connectivity index (χ4n) is 3.69. The summed E-state index contributed by atoms with van der Waals surface area (Å²) in [4.78, 5) is 38.9. The first-order valence-electron chi connectivity index (χ1n) is 11.3. The summed E-state index contributed by atoms with van der Waals surface area (Å²) in [7, 11) is 0. The van der Waals surface area contributed by atoms with E-state index in [9.17, 15) is 9.59 Å². The lowest BCUT2D eigenvalue weighted by Crippen LogP contribution is -2.57. The molecule has 0 spiro atoms. The van der Waals surface area contributed by atoms with E-state index in [2.05, 4.69) is 34.4 Å². The van der Waals surface area contributed by atoms with Crippen LogP contribution < -0.4 is 15.5 Å². The molecule has 0 radical (unpaired) electrons. The first-order chi connectivity index (χ1) is 15.2. The van der Waals surface area contributed by atoms with E-state index < -0.39 is 6.04 Å². The minimum absolute atomic E-state index is 0.0276. The molecule has 2 N–H and O–H groups in total. The summed E-state index contributed by atoms with van der Waals surface area (Å²) in [5, 5.41) is 5.65. The maximum Gasteiger partial charge on any atom is 0.319 e. The third-order valence-electron chi connectivity index (χ3n) is 5.54. The summed E-state index contributed by atoms with van der Waals surface area (Å²) in [6.07, 6.45) is 0. The van der Waals surface area contributed by atoms with Gasteiger partial charge < -0.3 is 20.4 Å². The molecule has 3 rings (SSSR count). The third kappa shape index (κ3) is 5.96. The van der Waals surface area contributed by atoms with Gasteiger partial charge in [0.2, 0.25) is 5.91 Å². The maximum absolute atomic E-state index is 13.2. The zero-order chi connectivity index (χ0) is 23.3. The summed E-state index contributed by atoms with van der Waals surface area (Å²) < 4.78 is 0. The van der Waals surface area contributed by atoms with Crippen molar-refractivity contribution in [1.29, 1.82) is 0 Å². The molecule has 2 aromatic rings. The fraction of sp³-hybridized carbons (Fsp3) is 0.500. The van der Waals surface area contributed by atoms with E-state index in [1.54, 1.807) is 0 Å². The van der Waals surface area contributed by atoms with Gasteiger partial charge in [-0.15, -0.1) is 0 Å². The number of piperazine rings is 1. The van der Waals surface area contributed by atoms with Gasteiger partial charge in [-0.2, -0.15) is 0 Å². The van der Waals surface area contributed by atoms with Gasteiger partial charge in [-0.25, -0.2) is 14.8 Å². The summed E-state index contributed by atoms with van der Waals surface area (Å²) in [5.74, 6) is 1.93. The second kappa shape index (κ2) is 10.4. The van der Waals surface area contributed by atoms with E-state index in [1.807, 2.05) is 62.1 Å². The van der Waals surface area contributed by atoms with Crippen molar-refractivity contribution >= 4 is 23.4 Å². The SMILES string of the molecule is Cc1cc(N2CCN(C(=O)C(NC(=O)Nc3ccccc3)C(C)C)CC2)nc(C(C)C)n1. The molecule has 0 saturated carbocycles. The van der Waals surface area contributed by atoms with Gasteiger partial charge in [-0.05, 0) is 25.0 Å². The van der Waals surface area contributed by atoms with Crippen molar-refractivity contribution in [3.05, 3.63) is 47.9 Å². The molecule has 1 aliphatic heterocycles. The van der Waals surface area contributed by atoms with Gasteiger partial charge in [0.25, 0.3) is 0 Å². The number of hydrogen-bond donors (Lipinski definition) is 2. The fourth-order valence-corrected chi connectivity index (χ4v) is 3.69. The molecule has 1 aliphatic rings. The third-order valence-corrected chi connectivity index (χ3v) is 5.54. The van der Waals surface area contributed by atoms with Gasteiger partial charge in [0, 0.05) is 49.5 Å². The number of benzene rings is 1. The monoisotopic (exact) mass is 438 g/mol. The first kappa shape index (κ1) is 23.5. The molecule has 1 aromatic carbocycles. The van der Waals surface area contributed by atoms with Gasteiger partial charge in [0.05, 0.1) is 0 Å². The molecule has 8 heteroatoms. The lowest BCUT2D eigenvalue weighted by atomic mass is 10.0. The molecule has 1 fully saturated rings. The van der Waals surface area contributed by atoms with Gasteiger partial charge in [0.15, 0.2) is 0 Å². The minimum atomic E-state index is -0.584. The van der Waals surface area contributed by atoms with E-state index in [1.165, 1.54) is 0 Å². The van der Waals surface area contributed by atoms with Crippen LogP contribution in [0.3, 0.4) is 0 Å². The lowest BCUT2D eigenvalue weighted by molar-refractivity contribution is -0.134. The number of carbonyl (C=O) groups is 2. The van der Waals surface area contributed by atoms with E-state index in [0.29, 0.717) is 31.9 Å². The maximum atomic E-state index is 13.2. The van der Waals surface area contributed by atoms with Crippen molar-refractivity contribution < 1.29 is 9.59 Å². The van der Waals surface area contributed by atoms with Crippen LogP contribution >= 0.6 is 0 Å². The Kier molecular flexibility index (Phi) is 7.66. The molecule has 1 unspecified atom stereocenters. The van der Waals surface area contributed by atoms with Crippen LogP contribution in [0.4, 0.5) is 16.3 Å². The predicted molar refractivity (Wildman–Crippen MR) is 127 cm³/mol. The standard InChI is InChI=1S/C24H34N6O2/c1-16(2)21(28-24(32)26-19-9-7-6-8-10-19)23(31)30-13-11-29(12-14-30)20-15-18(5)25-22(27-20)17(3)4/h6-10,15-17,21H,11-14H2,1-5H3,(H2,26,28,32). The van der Waals surface area contributed by atoms with Crippen LogP contribution in [-0.4, -0.2) is 59.0 Å². The number of carbonyl (C=O) groups excluding carboxylic acids is 2. The Balaban J connectivity index is 1.60. The van der Waals surface area contributed by atoms with Crippen LogP contribution in [0.25, 0.3) is 0 Å². The highest BCUT2D eigenvalue weighted by Gasteiger charge is 2.31. The largest absolute Gasteiger partial charge is 0.353 e. The van der Waals surface area contributed by atoms with Crippen LogP contribution in [0.5, 0.6) is 0 Å². The van der Waals surface area contributed by atoms with Crippen molar-refractivity contribution in [2.75, 3.05) is 36.4 Å². The molecular formula is C24H34N6O2. The number of nitrogens with one attached hydrogen (secondary N) is 2. The summed E-state index contributed by atoms with van der Waals surface area (Å²) in [6, 6.07) is 10.2. The normalized spacial score (nSPS) is 15.1. The van der Waals surface area contributed by atoms with Crippen molar-refractivity contribution in [2.45, 2.75) is 46.6 Å². The average Bonchev–Trinajstić information content (AvgIpc) is 2.77. The molecule has 1 aromatic heterocycles. The molecule has 172 valence electrons. The molecule has 3 amide bonds. The first-order valence-corrected chi connectivity index (χ1v) is 11.3. The highest BCUT2D eigenvalue weighted by Crippen LogP contribution is 2.19. The van der Waals surface area contributed by atoms with Gasteiger partial charge in [-0.3, -0.25) is 4.79 Å². The zero-order valence-corrected chi connectivity index (χ0v) is 19.6. The summed E-state index contributed by atoms with van der Waals surface area (Å²) in [6.45, 7) is 12.6. The number of hydrogen-bond acceptors (Lipinski definition) is 5. The Morgan fingerprint density at radius 2 is 1.62 bits per heavy atom. The Bertz CT molecular complexity index is 923. The molecule has 1 saturated heterocycles. The molecule has 1 atom stereocenters.